The zero-order valence-corrected chi connectivity index (χ0v) is 18.6. The Balaban J connectivity index is 1.46. The summed E-state index contributed by atoms with van der Waals surface area (Å²) in [4.78, 5) is 22.2. The lowest BCUT2D eigenvalue weighted by atomic mass is 9.95. The van der Waals surface area contributed by atoms with Gasteiger partial charge in [-0.15, -0.1) is 21.5 Å². The van der Waals surface area contributed by atoms with Crippen molar-refractivity contribution >= 4 is 33.3 Å². The van der Waals surface area contributed by atoms with Gasteiger partial charge in [0.25, 0.3) is 5.56 Å². The molecule has 7 nitrogen and oxygen atoms in total. The van der Waals surface area contributed by atoms with Crippen LogP contribution in [0.25, 0.3) is 21.8 Å². The fourth-order valence-electron chi connectivity index (χ4n) is 4.12. The smallest absolute Gasteiger partial charge is 0.259 e. The highest BCUT2D eigenvalue weighted by atomic mass is 32.2. The topological polar surface area (TPSA) is 89.6 Å². The first-order chi connectivity index (χ1) is 14.6. The quantitative estimate of drug-likeness (QED) is 0.425. The standard InChI is InChI=1S/C21H23N5O2S2/c1-12-13(2)30-20-17(12)19(27)22-16(23-20)11-29-21-25-24-18(15-9-6-10-28-15)26(21)14-7-4-3-5-8-14/h6,9-10,14H,3-5,7-8,11H2,1-2H3,(H,22,23,27). The molecule has 0 aliphatic heterocycles. The van der Waals surface area contributed by atoms with E-state index in [1.165, 1.54) is 19.3 Å². The van der Waals surface area contributed by atoms with Crippen LogP contribution in [0.3, 0.4) is 0 Å². The van der Waals surface area contributed by atoms with E-state index in [1.54, 1.807) is 29.4 Å². The number of aromatic nitrogens is 5. The molecule has 4 aromatic heterocycles. The molecule has 4 heterocycles. The molecule has 1 saturated carbocycles. The molecule has 4 aromatic rings. The van der Waals surface area contributed by atoms with E-state index < -0.39 is 0 Å². The Morgan fingerprint density at radius 2 is 2.10 bits per heavy atom. The molecule has 1 N–H and O–H groups in total. The largest absolute Gasteiger partial charge is 0.461 e. The van der Waals surface area contributed by atoms with E-state index in [-0.39, 0.29) is 5.56 Å². The van der Waals surface area contributed by atoms with Crippen LogP contribution in [0.5, 0.6) is 0 Å². The van der Waals surface area contributed by atoms with Crippen molar-refractivity contribution in [2.45, 2.75) is 62.9 Å². The van der Waals surface area contributed by atoms with Gasteiger partial charge in [-0.2, -0.15) is 0 Å². The molecule has 5 rings (SSSR count). The second-order valence-electron chi connectivity index (χ2n) is 7.71. The summed E-state index contributed by atoms with van der Waals surface area (Å²) in [5.74, 6) is 2.70. The molecule has 0 amide bonds. The van der Waals surface area contributed by atoms with Gasteiger partial charge in [-0.05, 0) is 44.4 Å². The van der Waals surface area contributed by atoms with E-state index >= 15 is 0 Å². The van der Waals surface area contributed by atoms with Crippen LogP contribution in [0, 0.1) is 13.8 Å². The van der Waals surface area contributed by atoms with Gasteiger partial charge in [0.15, 0.2) is 10.9 Å². The zero-order chi connectivity index (χ0) is 20.7. The highest BCUT2D eigenvalue weighted by Gasteiger charge is 2.25. The lowest BCUT2D eigenvalue weighted by Crippen LogP contribution is -2.15. The number of H-pyrrole nitrogens is 1. The van der Waals surface area contributed by atoms with Crippen molar-refractivity contribution in [3.05, 3.63) is 45.0 Å². The van der Waals surface area contributed by atoms with Gasteiger partial charge in [0.2, 0.25) is 5.82 Å². The summed E-state index contributed by atoms with van der Waals surface area (Å²) in [7, 11) is 0. The molecule has 0 bridgehead atoms. The average molecular weight is 442 g/mol. The first-order valence-electron chi connectivity index (χ1n) is 10.2. The maximum Gasteiger partial charge on any atom is 0.259 e. The summed E-state index contributed by atoms with van der Waals surface area (Å²) in [6, 6.07) is 4.16. The van der Waals surface area contributed by atoms with Crippen molar-refractivity contribution in [1.82, 2.24) is 24.7 Å². The summed E-state index contributed by atoms with van der Waals surface area (Å²) in [5, 5.41) is 10.4. The SMILES string of the molecule is Cc1sc2nc(CSc3nnc(-c4ccco4)n3C3CCCCC3)[nH]c(=O)c2c1C. The summed E-state index contributed by atoms with van der Waals surface area (Å²) in [6.07, 6.45) is 7.61. The van der Waals surface area contributed by atoms with Crippen LogP contribution < -0.4 is 5.56 Å². The lowest BCUT2D eigenvalue weighted by molar-refractivity contribution is 0.337. The van der Waals surface area contributed by atoms with Crippen molar-refractivity contribution in [3.63, 3.8) is 0 Å². The Morgan fingerprint density at radius 3 is 2.87 bits per heavy atom. The predicted molar refractivity (Wildman–Crippen MR) is 119 cm³/mol. The molecule has 1 aliphatic rings. The molecule has 30 heavy (non-hydrogen) atoms. The monoisotopic (exact) mass is 441 g/mol. The molecular formula is C21H23N5O2S2. The van der Waals surface area contributed by atoms with Crippen molar-refractivity contribution < 1.29 is 4.42 Å². The second-order valence-corrected chi connectivity index (χ2v) is 9.86. The Labute approximate surface area is 181 Å². The Morgan fingerprint density at radius 1 is 1.27 bits per heavy atom. The number of aromatic amines is 1. The summed E-state index contributed by atoms with van der Waals surface area (Å²) < 4.78 is 7.83. The maximum absolute atomic E-state index is 12.6. The third-order valence-corrected chi connectivity index (χ3v) is 7.83. The summed E-state index contributed by atoms with van der Waals surface area (Å²) in [5.41, 5.74) is 0.950. The molecule has 156 valence electrons. The third kappa shape index (κ3) is 3.50. The number of aryl methyl sites for hydroxylation is 2. The molecule has 0 atom stereocenters. The lowest BCUT2D eigenvalue weighted by Gasteiger charge is -2.25. The van der Waals surface area contributed by atoms with E-state index in [2.05, 4.69) is 19.7 Å². The van der Waals surface area contributed by atoms with Gasteiger partial charge < -0.3 is 9.40 Å². The van der Waals surface area contributed by atoms with Crippen molar-refractivity contribution in [1.29, 1.82) is 0 Å². The summed E-state index contributed by atoms with van der Waals surface area (Å²) >= 11 is 3.13. The number of nitrogens with zero attached hydrogens (tertiary/aromatic N) is 4. The van der Waals surface area contributed by atoms with Crippen molar-refractivity contribution in [3.8, 4) is 11.6 Å². The number of hydrogen-bond donors (Lipinski definition) is 1. The molecular weight excluding hydrogens is 418 g/mol. The number of thioether (sulfide) groups is 1. The van der Waals surface area contributed by atoms with Gasteiger partial charge >= 0.3 is 0 Å². The minimum Gasteiger partial charge on any atom is -0.461 e. The first kappa shape index (κ1) is 19.6. The van der Waals surface area contributed by atoms with Crippen LogP contribution in [0.15, 0.2) is 32.8 Å². The van der Waals surface area contributed by atoms with E-state index in [0.29, 0.717) is 23.0 Å². The van der Waals surface area contributed by atoms with Crippen LogP contribution >= 0.6 is 23.1 Å². The fraction of sp³-hybridized carbons (Fsp3) is 0.429. The molecule has 0 aromatic carbocycles. The first-order valence-corrected chi connectivity index (χ1v) is 12.0. The third-order valence-electron chi connectivity index (χ3n) is 5.77. The maximum atomic E-state index is 12.6. The number of thiophene rings is 1. The molecule has 1 aliphatic carbocycles. The van der Waals surface area contributed by atoms with Gasteiger partial charge in [0, 0.05) is 10.9 Å². The van der Waals surface area contributed by atoms with Gasteiger partial charge in [-0.1, -0.05) is 31.0 Å². The van der Waals surface area contributed by atoms with Crippen LogP contribution in [0.1, 0.15) is 54.4 Å². The normalized spacial score (nSPS) is 15.3. The predicted octanol–water partition coefficient (Wildman–Crippen LogP) is 5.25. The number of fused-ring (bicyclic) bond motifs is 1. The number of nitrogens with one attached hydrogen (secondary N) is 1. The molecule has 0 saturated heterocycles. The molecule has 0 radical (unpaired) electrons. The van der Waals surface area contributed by atoms with Gasteiger partial charge in [-0.25, -0.2) is 4.98 Å². The minimum absolute atomic E-state index is 0.0672. The zero-order valence-electron chi connectivity index (χ0n) is 17.0. The number of furan rings is 1. The molecule has 9 heteroatoms. The van der Waals surface area contributed by atoms with Gasteiger partial charge in [0.05, 0.1) is 17.4 Å². The van der Waals surface area contributed by atoms with E-state index in [1.807, 2.05) is 26.0 Å². The highest BCUT2D eigenvalue weighted by molar-refractivity contribution is 7.98. The van der Waals surface area contributed by atoms with E-state index in [0.717, 1.165) is 44.9 Å². The van der Waals surface area contributed by atoms with Crippen LogP contribution in [0.2, 0.25) is 0 Å². The number of rotatable bonds is 5. The molecule has 0 unspecified atom stereocenters. The van der Waals surface area contributed by atoms with Crippen molar-refractivity contribution in [2.75, 3.05) is 0 Å². The Bertz CT molecular complexity index is 1230. The Kier molecular flexibility index (Phi) is 5.24. The van der Waals surface area contributed by atoms with E-state index in [9.17, 15) is 4.79 Å². The molecule has 0 spiro atoms. The van der Waals surface area contributed by atoms with Gasteiger partial charge in [0.1, 0.15) is 10.7 Å². The molecule has 1 fully saturated rings. The van der Waals surface area contributed by atoms with Crippen LogP contribution in [0.4, 0.5) is 0 Å². The van der Waals surface area contributed by atoms with Crippen molar-refractivity contribution in [2.24, 2.45) is 0 Å². The van der Waals surface area contributed by atoms with Gasteiger partial charge in [-0.3, -0.25) is 9.36 Å². The number of hydrogen-bond acceptors (Lipinski definition) is 7. The second kappa shape index (κ2) is 8.03. The Hall–Kier alpha value is -2.39. The average Bonchev–Trinajstić information content (AvgIpc) is 3.47. The van der Waals surface area contributed by atoms with E-state index in [4.69, 9.17) is 9.40 Å². The fourth-order valence-corrected chi connectivity index (χ4v) is 6.04. The summed E-state index contributed by atoms with van der Waals surface area (Å²) in [6.45, 7) is 4.00. The minimum atomic E-state index is -0.0672. The van der Waals surface area contributed by atoms with Crippen LogP contribution in [-0.2, 0) is 5.75 Å². The highest BCUT2D eigenvalue weighted by Crippen LogP contribution is 2.36. The van der Waals surface area contributed by atoms with Crippen LogP contribution in [-0.4, -0.2) is 24.7 Å².